The van der Waals surface area contributed by atoms with Gasteiger partial charge in [-0.3, -0.25) is 4.79 Å². The summed E-state index contributed by atoms with van der Waals surface area (Å²) >= 11 is 6.27. The van der Waals surface area contributed by atoms with Crippen LogP contribution in [0.4, 0.5) is 16.0 Å². The second kappa shape index (κ2) is 10.2. The Hall–Kier alpha value is -3.23. The molecule has 7 nitrogen and oxygen atoms in total. The topological polar surface area (TPSA) is 79.4 Å². The first-order valence-electron chi connectivity index (χ1n) is 9.54. The summed E-state index contributed by atoms with van der Waals surface area (Å²) in [7, 11) is 5.34. The zero-order chi connectivity index (χ0) is 22.4. The molecule has 1 amide bonds. The van der Waals surface area contributed by atoms with E-state index in [9.17, 15) is 9.18 Å². The predicted octanol–water partition coefficient (Wildman–Crippen LogP) is 3.98. The quantitative estimate of drug-likeness (QED) is 0.548. The highest BCUT2D eigenvalue weighted by atomic mass is 35.5. The molecule has 0 fully saturated rings. The van der Waals surface area contributed by atoms with E-state index in [1.54, 1.807) is 30.3 Å². The van der Waals surface area contributed by atoms with Crippen LogP contribution in [0.5, 0.6) is 5.75 Å². The van der Waals surface area contributed by atoms with E-state index in [-0.39, 0.29) is 5.91 Å². The minimum Gasteiger partial charge on any atom is -0.496 e. The van der Waals surface area contributed by atoms with Gasteiger partial charge in [-0.2, -0.15) is 0 Å². The molecule has 0 unspecified atom stereocenters. The molecule has 0 spiro atoms. The maximum absolute atomic E-state index is 13.5. The molecule has 0 saturated heterocycles. The standard InChI is InChI=1S/C22H23ClFN5O2/c1-29(2)11-10-25-21(30)14-4-7-16(8-5-14)27-22-26-13-18(23)20(28-22)17-9-6-15(24)12-19(17)31-3/h4-9,12-13H,10-11H2,1-3H3,(H,25,30)(H,26,27,28). The lowest BCUT2D eigenvalue weighted by atomic mass is 10.1. The molecule has 0 bridgehead atoms. The first-order valence-corrected chi connectivity index (χ1v) is 9.91. The van der Waals surface area contributed by atoms with Crippen molar-refractivity contribution in [3.05, 3.63) is 65.1 Å². The molecule has 162 valence electrons. The van der Waals surface area contributed by atoms with Gasteiger partial charge in [0, 0.05) is 36.0 Å². The van der Waals surface area contributed by atoms with Gasteiger partial charge in [0.1, 0.15) is 11.6 Å². The summed E-state index contributed by atoms with van der Waals surface area (Å²) in [5, 5.41) is 6.25. The number of likely N-dealkylation sites (N-methyl/N-ethyl adjacent to an activating group) is 1. The van der Waals surface area contributed by atoms with Crippen molar-refractivity contribution in [1.29, 1.82) is 0 Å². The average molecular weight is 444 g/mol. The molecule has 1 aromatic heterocycles. The molecule has 0 aliphatic heterocycles. The number of benzene rings is 2. The monoisotopic (exact) mass is 443 g/mol. The number of methoxy groups -OCH3 is 1. The highest BCUT2D eigenvalue weighted by Crippen LogP contribution is 2.34. The maximum atomic E-state index is 13.5. The van der Waals surface area contributed by atoms with Gasteiger partial charge in [0.15, 0.2) is 0 Å². The lowest BCUT2D eigenvalue weighted by Gasteiger charge is -2.12. The molecule has 0 saturated carbocycles. The van der Waals surface area contributed by atoms with Crippen LogP contribution in [0.3, 0.4) is 0 Å². The van der Waals surface area contributed by atoms with Crippen LogP contribution >= 0.6 is 11.6 Å². The summed E-state index contributed by atoms with van der Waals surface area (Å²) in [4.78, 5) is 22.8. The fraction of sp³-hybridized carbons (Fsp3) is 0.227. The van der Waals surface area contributed by atoms with Gasteiger partial charge in [-0.05, 0) is 50.5 Å². The number of ether oxygens (including phenoxy) is 1. The molecule has 2 N–H and O–H groups in total. The molecule has 3 rings (SSSR count). The molecular weight excluding hydrogens is 421 g/mol. The maximum Gasteiger partial charge on any atom is 0.251 e. The van der Waals surface area contributed by atoms with Gasteiger partial charge in [-0.1, -0.05) is 11.6 Å². The van der Waals surface area contributed by atoms with Gasteiger partial charge in [-0.25, -0.2) is 14.4 Å². The number of hydrogen-bond donors (Lipinski definition) is 2. The summed E-state index contributed by atoms with van der Waals surface area (Å²) in [5.74, 6) is 0.0574. The lowest BCUT2D eigenvalue weighted by Crippen LogP contribution is -2.31. The summed E-state index contributed by atoms with van der Waals surface area (Å²) in [6.45, 7) is 1.33. The first-order chi connectivity index (χ1) is 14.9. The van der Waals surface area contributed by atoms with Gasteiger partial charge in [0.2, 0.25) is 5.95 Å². The molecule has 0 aliphatic rings. The molecular formula is C22H23ClFN5O2. The second-order valence-corrected chi connectivity index (χ2v) is 7.40. The summed E-state index contributed by atoms with van der Waals surface area (Å²) in [6.07, 6.45) is 1.46. The highest BCUT2D eigenvalue weighted by Gasteiger charge is 2.14. The van der Waals surface area contributed by atoms with Crippen LogP contribution in [0.25, 0.3) is 11.3 Å². The lowest BCUT2D eigenvalue weighted by molar-refractivity contribution is 0.0951. The Morgan fingerprint density at radius 3 is 2.61 bits per heavy atom. The Bertz CT molecular complexity index is 1060. The number of nitrogens with one attached hydrogen (secondary N) is 2. The van der Waals surface area contributed by atoms with Gasteiger partial charge in [0.25, 0.3) is 5.91 Å². The summed E-state index contributed by atoms with van der Waals surface area (Å²) < 4.78 is 18.8. The van der Waals surface area contributed by atoms with Crippen molar-refractivity contribution in [2.75, 3.05) is 39.6 Å². The Morgan fingerprint density at radius 1 is 1.19 bits per heavy atom. The van der Waals surface area contributed by atoms with E-state index in [0.717, 1.165) is 6.54 Å². The van der Waals surface area contributed by atoms with Crippen LogP contribution in [0, 0.1) is 5.82 Å². The fourth-order valence-corrected chi connectivity index (χ4v) is 3.00. The average Bonchev–Trinajstić information content (AvgIpc) is 2.75. The van der Waals surface area contributed by atoms with Crippen LogP contribution in [0.2, 0.25) is 5.02 Å². The van der Waals surface area contributed by atoms with Crippen molar-refractivity contribution in [1.82, 2.24) is 20.2 Å². The third kappa shape index (κ3) is 5.90. The Labute approximate surface area is 185 Å². The zero-order valence-electron chi connectivity index (χ0n) is 17.4. The van der Waals surface area contributed by atoms with E-state index in [1.165, 1.54) is 25.4 Å². The van der Waals surface area contributed by atoms with Crippen molar-refractivity contribution in [2.24, 2.45) is 0 Å². The Kier molecular flexibility index (Phi) is 7.38. The SMILES string of the molecule is COc1cc(F)ccc1-c1nc(Nc2ccc(C(=O)NCCN(C)C)cc2)ncc1Cl. The van der Waals surface area contributed by atoms with Gasteiger partial charge < -0.3 is 20.3 Å². The minimum atomic E-state index is -0.421. The van der Waals surface area contributed by atoms with E-state index >= 15 is 0 Å². The molecule has 0 radical (unpaired) electrons. The number of carbonyl (C=O) groups excluding carboxylic acids is 1. The van der Waals surface area contributed by atoms with Crippen LogP contribution in [0.15, 0.2) is 48.7 Å². The van der Waals surface area contributed by atoms with E-state index in [4.69, 9.17) is 16.3 Å². The number of amides is 1. The van der Waals surface area contributed by atoms with Crippen molar-refractivity contribution >= 4 is 29.1 Å². The van der Waals surface area contributed by atoms with E-state index in [2.05, 4.69) is 20.6 Å². The number of aromatic nitrogens is 2. The number of carbonyl (C=O) groups is 1. The van der Waals surface area contributed by atoms with Crippen LogP contribution in [0.1, 0.15) is 10.4 Å². The van der Waals surface area contributed by atoms with E-state index < -0.39 is 5.82 Å². The van der Waals surface area contributed by atoms with Gasteiger partial charge in [0.05, 0.1) is 24.0 Å². The van der Waals surface area contributed by atoms with Crippen molar-refractivity contribution in [2.45, 2.75) is 0 Å². The van der Waals surface area contributed by atoms with Crippen molar-refractivity contribution < 1.29 is 13.9 Å². The van der Waals surface area contributed by atoms with Crippen LogP contribution in [-0.4, -0.2) is 55.1 Å². The molecule has 2 aromatic carbocycles. The molecule has 9 heteroatoms. The molecule has 31 heavy (non-hydrogen) atoms. The van der Waals surface area contributed by atoms with Crippen LogP contribution < -0.4 is 15.4 Å². The second-order valence-electron chi connectivity index (χ2n) is 7.00. The third-order valence-electron chi connectivity index (χ3n) is 4.41. The van der Waals surface area contributed by atoms with Gasteiger partial charge in [-0.15, -0.1) is 0 Å². The van der Waals surface area contributed by atoms with E-state index in [1.807, 2.05) is 19.0 Å². The minimum absolute atomic E-state index is 0.137. The highest BCUT2D eigenvalue weighted by molar-refractivity contribution is 6.33. The zero-order valence-corrected chi connectivity index (χ0v) is 18.2. The number of anilines is 2. The normalized spacial score (nSPS) is 10.8. The smallest absolute Gasteiger partial charge is 0.251 e. The number of rotatable bonds is 8. The molecule has 3 aromatic rings. The molecule has 1 heterocycles. The van der Waals surface area contributed by atoms with Gasteiger partial charge >= 0.3 is 0 Å². The van der Waals surface area contributed by atoms with Crippen molar-refractivity contribution in [3.8, 4) is 17.0 Å². The summed E-state index contributed by atoms with van der Waals surface area (Å²) in [6, 6.07) is 11.1. The van der Waals surface area contributed by atoms with Crippen molar-refractivity contribution in [3.63, 3.8) is 0 Å². The number of nitrogens with zero attached hydrogens (tertiary/aromatic N) is 3. The molecule has 0 aliphatic carbocycles. The fourth-order valence-electron chi connectivity index (χ4n) is 2.81. The third-order valence-corrected chi connectivity index (χ3v) is 4.69. The number of halogens is 2. The Morgan fingerprint density at radius 2 is 1.94 bits per heavy atom. The van der Waals surface area contributed by atoms with Crippen LogP contribution in [-0.2, 0) is 0 Å². The first kappa shape index (κ1) is 22.5. The summed E-state index contributed by atoms with van der Waals surface area (Å²) in [5.41, 5.74) is 2.21. The predicted molar refractivity (Wildman–Crippen MR) is 120 cm³/mol. The molecule has 0 atom stereocenters. The largest absolute Gasteiger partial charge is 0.496 e. The Balaban J connectivity index is 1.75. The van der Waals surface area contributed by atoms with E-state index in [0.29, 0.717) is 45.8 Å². The number of hydrogen-bond acceptors (Lipinski definition) is 6.